The maximum absolute atomic E-state index is 12.0. The maximum Gasteiger partial charge on any atom is 0.338 e. The van der Waals surface area contributed by atoms with Crippen LogP contribution in [-0.2, 0) is 4.74 Å². The number of halogens is 1. The number of hydrogen-bond donors (Lipinski definition) is 0. The van der Waals surface area contributed by atoms with Crippen LogP contribution in [0.4, 0.5) is 0 Å². The lowest BCUT2D eigenvalue weighted by Gasteiger charge is -2.06. The summed E-state index contributed by atoms with van der Waals surface area (Å²) in [5, 5.41) is 0. The second-order valence-electron chi connectivity index (χ2n) is 5.87. The number of benzene rings is 1. The van der Waals surface area contributed by atoms with Crippen molar-refractivity contribution >= 4 is 34.1 Å². The van der Waals surface area contributed by atoms with E-state index in [1.54, 1.807) is 32.4 Å². The predicted molar refractivity (Wildman–Crippen MR) is 113 cm³/mol. The van der Waals surface area contributed by atoms with Crippen molar-refractivity contribution in [2.24, 2.45) is 0 Å². The molecule has 3 aromatic rings. The first kappa shape index (κ1) is 19.8. The van der Waals surface area contributed by atoms with Gasteiger partial charge in [-0.1, -0.05) is 24.3 Å². The van der Waals surface area contributed by atoms with Crippen molar-refractivity contribution in [3.8, 4) is 17.1 Å². The van der Waals surface area contributed by atoms with E-state index in [9.17, 15) is 4.79 Å². The van der Waals surface area contributed by atoms with E-state index >= 15 is 0 Å². The molecule has 0 aliphatic heterocycles. The zero-order chi connectivity index (χ0) is 19.9. The van der Waals surface area contributed by atoms with Gasteiger partial charge in [0, 0.05) is 6.20 Å². The van der Waals surface area contributed by atoms with Gasteiger partial charge < -0.3 is 9.47 Å². The molecule has 0 saturated heterocycles. The van der Waals surface area contributed by atoms with Crippen LogP contribution in [0.2, 0.25) is 0 Å². The number of ether oxygens (including phenoxy) is 2. The third-order valence-corrected chi connectivity index (χ3v) is 4.34. The summed E-state index contributed by atoms with van der Waals surface area (Å²) in [6.45, 7) is 2.10. The smallest absolute Gasteiger partial charge is 0.338 e. The average Bonchev–Trinajstić information content (AvgIpc) is 2.72. The molecule has 3 rings (SSSR count). The van der Waals surface area contributed by atoms with E-state index < -0.39 is 0 Å². The van der Waals surface area contributed by atoms with Crippen LogP contribution >= 0.6 is 15.9 Å². The lowest BCUT2D eigenvalue weighted by Crippen LogP contribution is -2.05. The summed E-state index contributed by atoms with van der Waals surface area (Å²) in [5.74, 6) is 0.444. The number of rotatable bonds is 6. The molecule has 0 aliphatic rings. The molecule has 6 heteroatoms. The fourth-order valence-electron chi connectivity index (χ4n) is 2.56. The van der Waals surface area contributed by atoms with E-state index in [0.29, 0.717) is 28.2 Å². The average molecular weight is 439 g/mol. The molecule has 0 bridgehead atoms. The highest BCUT2D eigenvalue weighted by Crippen LogP contribution is 2.23. The van der Waals surface area contributed by atoms with Crippen LogP contribution in [0.25, 0.3) is 23.5 Å². The predicted octanol–water partition coefficient (Wildman–Crippen LogP) is 5.26. The largest absolute Gasteiger partial charge is 0.497 e. The van der Waals surface area contributed by atoms with Gasteiger partial charge in [0.1, 0.15) is 10.4 Å². The number of carbonyl (C=O) groups excluding carboxylic acids is 1. The number of hydrogen-bond acceptors (Lipinski definition) is 5. The van der Waals surface area contributed by atoms with Gasteiger partial charge in [0.15, 0.2) is 0 Å². The van der Waals surface area contributed by atoms with E-state index in [0.717, 1.165) is 16.9 Å². The summed E-state index contributed by atoms with van der Waals surface area (Å²) < 4.78 is 10.9. The van der Waals surface area contributed by atoms with Gasteiger partial charge in [-0.2, -0.15) is 0 Å². The summed E-state index contributed by atoms with van der Waals surface area (Å²) in [6, 6.07) is 14.9. The third-order valence-electron chi connectivity index (χ3n) is 3.93. The SMILES string of the molecule is CCOC(=O)c1ccnc(-c2cc(/C=C/c3ccc(OC)cc3)cc(Br)n2)c1. The van der Waals surface area contributed by atoms with Crippen molar-refractivity contribution < 1.29 is 14.3 Å². The molecule has 5 nitrogen and oxygen atoms in total. The molecule has 0 fully saturated rings. The minimum absolute atomic E-state index is 0.325. The van der Waals surface area contributed by atoms with Gasteiger partial charge in [-0.3, -0.25) is 4.98 Å². The Morgan fingerprint density at radius 3 is 2.50 bits per heavy atom. The van der Waals surface area contributed by atoms with Crippen molar-refractivity contribution in [1.82, 2.24) is 9.97 Å². The highest BCUT2D eigenvalue weighted by Gasteiger charge is 2.10. The standard InChI is InChI=1S/C22H19BrN2O3/c1-3-28-22(26)17-10-11-24-19(14-17)20-12-16(13-21(23)25-20)5-4-15-6-8-18(27-2)9-7-15/h4-14H,3H2,1-2H3/b5-4+. The molecule has 0 spiro atoms. The minimum atomic E-state index is -0.374. The topological polar surface area (TPSA) is 61.3 Å². The molecule has 0 atom stereocenters. The molecule has 0 saturated carbocycles. The van der Waals surface area contributed by atoms with Crippen LogP contribution in [-0.4, -0.2) is 29.7 Å². The Labute approximate surface area is 172 Å². The maximum atomic E-state index is 12.0. The van der Waals surface area contributed by atoms with E-state index in [1.165, 1.54) is 0 Å². The van der Waals surface area contributed by atoms with Crippen LogP contribution in [0.3, 0.4) is 0 Å². The van der Waals surface area contributed by atoms with Gasteiger partial charge in [-0.05, 0) is 70.4 Å². The van der Waals surface area contributed by atoms with Crippen LogP contribution in [0.1, 0.15) is 28.4 Å². The van der Waals surface area contributed by atoms with Crippen LogP contribution < -0.4 is 4.74 Å². The minimum Gasteiger partial charge on any atom is -0.497 e. The van der Waals surface area contributed by atoms with Crippen molar-refractivity contribution in [2.45, 2.75) is 6.92 Å². The number of methoxy groups -OCH3 is 1. The number of esters is 1. The normalized spacial score (nSPS) is 10.8. The van der Waals surface area contributed by atoms with Crippen LogP contribution in [0.5, 0.6) is 5.75 Å². The zero-order valence-corrected chi connectivity index (χ0v) is 17.1. The van der Waals surface area contributed by atoms with Gasteiger partial charge in [0.25, 0.3) is 0 Å². The Morgan fingerprint density at radius 2 is 1.79 bits per heavy atom. The Balaban J connectivity index is 1.88. The Morgan fingerprint density at radius 1 is 1.04 bits per heavy atom. The van der Waals surface area contributed by atoms with Crippen molar-refractivity contribution in [3.63, 3.8) is 0 Å². The number of pyridine rings is 2. The monoisotopic (exact) mass is 438 g/mol. The van der Waals surface area contributed by atoms with Gasteiger partial charge in [-0.25, -0.2) is 9.78 Å². The zero-order valence-electron chi connectivity index (χ0n) is 15.6. The Kier molecular flexibility index (Phi) is 6.55. The molecule has 0 N–H and O–H groups in total. The molecular formula is C22H19BrN2O3. The summed E-state index contributed by atoms with van der Waals surface area (Å²) in [7, 11) is 1.64. The van der Waals surface area contributed by atoms with Crippen molar-refractivity contribution in [1.29, 1.82) is 0 Å². The summed E-state index contributed by atoms with van der Waals surface area (Å²) in [6.07, 6.45) is 5.58. The molecule has 0 unspecified atom stereocenters. The quantitative estimate of drug-likeness (QED) is 0.387. The van der Waals surface area contributed by atoms with Gasteiger partial charge in [-0.15, -0.1) is 0 Å². The highest BCUT2D eigenvalue weighted by atomic mass is 79.9. The van der Waals surface area contributed by atoms with E-state index in [4.69, 9.17) is 9.47 Å². The summed E-state index contributed by atoms with van der Waals surface area (Å²) in [4.78, 5) is 20.8. The third kappa shape index (κ3) is 5.04. The molecule has 0 aliphatic carbocycles. The molecule has 2 heterocycles. The molecule has 142 valence electrons. The first-order valence-electron chi connectivity index (χ1n) is 8.72. The summed E-state index contributed by atoms with van der Waals surface area (Å²) >= 11 is 3.45. The van der Waals surface area contributed by atoms with Crippen LogP contribution in [0.15, 0.2) is 59.3 Å². The van der Waals surface area contributed by atoms with Crippen molar-refractivity contribution in [3.05, 3.63) is 76.0 Å². The van der Waals surface area contributed by atoms with Crippen molar-refractivity contribution in [2.75, 3.05) is 13.7 Å². The van der Waals surface area contributed by atoms with E-state index in [2.05, 4.69) is 25.9 Å². The first-order valence-corrected chi connectivity index (χ1v) is 9.51. The molecule has 0 amide bonds. The Hall–Kier alpha value is -2.99. The Bertz CT molecular complexity index is 1000. The highest BCUT2D eigenvalue weighted by molar-refractivity contribution is 9.10. The van der Waals surface area contributed by atoms with Crippen LogP contribution in [0, 0.1) is 0 Å². The second kappa shape index (κ2) is 9.28. The van der Waals surface area contributed by atoms with E-state index in [-0.39, 0.29) is 5.97 Å². The lowest BCUT2D eigenvalue weighted by atomic mass is 10.1. The fraction of sp³-hybridized carbons (Fsp3) is 0.136. The van der Waals surface area contributed by atoms with E-state index in [1.807, 2.05) is 48.6 Å². The van der Waals surface area contributed by atoms with Gasteiger partial charge in [0.2, 0.25) is 0 Å². The number of carbonyl (C=O) groups is 1. The second-order valence-corrected chi connectivity index (χ2v) is 6.68. The molecule has 2 aromatic heterocycles. The van der Waals surface area contributed by atoms with Gasteiger partial charge in [0.05, 0.1) is 30.7 Å². The summed E-state index contributed by atoms with van der Waals surface area (Å²) in [5.41, 5.74) is 3.72. The molecule has 28 heavy (non-hydrogen) atoms. The number of nitrogens with zero attached hydrogens (tertiary/aromatic N) is 2. The number of aromatic nitrogens is 2. The molecular weight excluding hydrogens is 420 g/mol. The molecule has 1 aromatic carbocycles. The molecule has 0 radical (unpaired) electrons. The van der Waals surface area contributed by atoms with Gasteiger partial charge >= 0.3 is 5.97 Å². The fourth-order valence-corrected chi connectivity index (χ4v) is 3.02. The first-order chi connectivity index (χ1) is 13.6. The lowest BCUT2D eigenvalue weighted by molar-refractivity contribution is 0.0526.